The second-order valence-corrected chi connectivity index (χ2v) is 8.76. The largest absolute Gasteiger partial charge is 0.379 e. The fraction of sp³-hybridized carbons (Fsp3) is 0.316. The highest BCUT2D eigenvalue weighted by molar-refractivity contribution is 7.88. The lowest BCUT2D eigenvalue weighted by Crippen LogP contribution is -2.41. The van der Waals surface area contributed by atoms with Crippen LogP contribution in [0.5, 0.6) is 0 Å². The molecule has 0 radical (unpaired) electrons. The third-order valence-corrected chi connectivity index (χ3v) is 6.62. The number of carbonyl (C=O) groups excluding carboxylic acids is 1. The van der Waals surface area contributed by atoms with Crippen molar-refractivity contribution in [3.05, 3.63) is 64.2 Å². The number of hydrogen-bond donors (Lipinski definition) is 1. The maximum Gasteiger partial charge on any atom is 0.255 e. The molecular formula is C19H21ClN2O4S. The number of anilines is 1. The van der Waals surface area contributed by atoms with E-state index in [1.165, 1.54) is 4.31 Å². The van der Waals surface area contributed by atoms with Crippen LogP contribution in [0.3, 0.4) is 0 Å². The molecule has 1 fully saturated rings. The van der Waals surface area contributed by atoms with Crippen LogP contribution in [0.15, 0.2) is 42.5 Å². The van der Waals surface area contributed by atoms with E-state index in [9.17, 15) is 13.2 Å². The summed E-state index contributed by atoms with van der Waals surface area (Å²) in [6.45, 7) is 3.48. The second kappa shape index (κ2) is 8.39. The lowest BCUT2D eigenvalue weighted by atomic mass is 10.1. The van der Waals surface area contributed by atoms with Crippen LogP contribution >= 0.6 is 11.6 Å². The van der Waals surface area contributed by atoms with Gasteiger partial charge in [0, 0.05) is 29.4 Å². The van der Waals surface area contributed by atoms with Crippen LogP contribution in [-0.2, 0) is 20.5 Å². The fourth-order valence-corrected chi connectivity index (χ4v) is 4.44. The summed E-state index contributed by atoms with van der Waals surface area (Å²) in [6, 6.07) is 11.9. The number of sulfonamides is 1. The van der Waals surface area contributed by atoms with E-state index in [-0.39, 0.29) is 11.7 Å². The molecule has 2 aromatic rings. The van der Waals surface area contributed by atoms with Gasteiger partial charge in [-0.1, -0.05) is 29.8 Å². The zero-order valence-electron chi connectivity index (χ0n) is 14.9. The summed E-state index contributed by atoms with van der Waals surface area (Å²) in [5.41, 5.74) is 2.62. The zero-order chi connectivity index (χ0) is 19.4. The van der Waals surface area contributed by atoms with Crippen molar-refractivity contribution in [3.8, 4) is 0 Å². The number of aryl methyl sites for hydroxylation is 1. The minimum Gasteiger partial charge on any atom is -0.379 e. The topological polar surface area (TPSA) is 75.7 Å². The van der Waals surface area contributed by atoms with Crippen LogP contribution in [0.4, 0.5) is 5.69 Å². The number of ether oxygens (including phenoxy) is 1. The number of nitrogens with one attached hydrogen (secondary N) is 1. The Balaban J connectivity index is 1.65. The Bertz CT molecular complexity index is 923. The van der Waals surface area contributed by atoms with Crippen molar-refractivity contribution >= 4 is 33.2 Å². The van der Waals surface area contributed by atoms with Gasteiger partial charge in [0.2, 0.25) is 10.0 Å². The summed E-state index contributed by atoms with van der Waals surface area (Å²) >= 11 is 6.07. The first-order chi connectivity index (χ1) is 12.8. The predicted octanol–water partition coefficient (Wildman–Crippen LogP) is 3.06. The van der Waals surface area contributed by atoms with Gasteiger partial charge in [0.05, 0.1) is 19.0 Å². The summed E-state index contributed by atoms with van der Waals surface area (Å²) in [7, 11) is -3.39. The molecule has 0 atom stereocenters. The first-order valence-corrected chi connectivity index (χ1v) is 10.6. The minimum atomic E-state index is -3.39. The van der Waals surface area contributed by atoms with E-state index >= 15 is 0 Å². The number of amides is 1. The molecule has 1 N–H and O–H groups in total. The van der Waals surface area contributed by atoms with Crippen molar-refractivity contribution in [1.29, 1.82) is 0 Å². The van der Waals surface area contributed by atoms with Gasteiger partial charge in [0.15, 0.2) is 0 Å². The number of nitrogens with zero attached hydrogens (tertiary/aromatic N) is 1. The zero-order valence-corrected chi connectivity index (χ0v) is 16.5. The number of morpholine rings is 1. The highest BCUT2D eigenvalue weighted by atomic mass is 35.5. The van der Waals surface area contributed by atoms with E-state index in [1.807, 2.05) is 13.0 Å². The fourth-order valence-electron chi connectivity index (χ4n) is 2.75. The standard InChI is InChI=1S/C19H21ClN2O4S/c1-14-2-7-17(12-18(14)20)21-19(23)16-5-3-15(4-6-16)13-27(24,25)22-8-10-26-11-9-22/h2-7,12H,8-11,13H2,1H3,(H,21,23). The molecule has 1 aliphatic rings. The molecule has 0 bridgehead atoms. The number of hydrogen-bond acceptors (Lipinski definition) is 4. The Labute approximate surface area is 164 Å². The van der Waals surface area contributed by atoms with Crippen molar-refractivity contribution in [2.24, 2.45) is 0 Å². The highest BCUT2D eigenvalue weighted by Crippen LogP contribution is 2.21. The van der Waals surface area contributed by atoms with Gasteiger partial charge in [-0.05, 0) is 42.3 Å². The molecule has 2 aromatic carbocycles. The van der Waals surface area contributed by atoms with Gasteiger partial charge in [-0.2, -0.15) is 4.31 Å². The summed E-state index contributed by atoms with van der Waals surface area (Å²) in [5.74, 6) is -0.375. The van der Waals surface area contributed by atoms with Gasteiger partial charge in [0.25, 0.3) is 5.91 Å². The Morgan fingerprint density at radius 3 is 2.44 bits per heavy atom. The van der Waals surface area contributed by atoms with Gasteiger partial charge in [-0.15, -0.1) is 0 Å². The van der Waals surface area contributed by atoms with E-state index < -0.39 is 10.0 Å². The van der Waals surface area contributed by atoms with Crippen molar-refractivity contribution in [3.63, 3.8) is 0 Å². The van der Waals surface area contributed by atoms with Gasteiger partial charge in [-0.3, -0.25) is 4.79 Å². The molecule has 0 spiro atoms. The summed E-state index contributed by atoms with van der Waals surface area (Å²) in [5, 5.41) is 3.36. The molecule has 1 amide bonds. The number of halogens is 1. The smallest absolute Gasteiger partial charge is 0.255 e. The maximum atomic E-state index is 12.5. The number of benzene rings is 2. The van der Waals surface area contributed by atoms with Crippen LogP contribution in [0, 0.1) is 6.92 Å². The van der Waals surface area contributed by atoms with E-state index in [0.29, 0.717) is 48.1 Å². The molecule has 1 heterocycles. The summed E-state index contributed by atoms with van der Waals surface area (Å²) < 4.78 is 31.5. The van der Waals surface area contributed by atoms with E-state index in [4.69, 9.17) is 16.3 Å². The van der Waals surface area contributed by atoms with Crippen molar-refractivity contribution < 1.29 is 17.9 Å². The van der Waals surface area contributed by atoms with Crippen LogP contribution in [0.25, 0.3) is 0 Å². The third-order valence-electron chi connectivity index (χ3n) is 4.36. The minimum absolute atomic E-state index is 0.0948. The van der Waals surface area contributed by atoms with Crippen LogP contribution < -0.4 is 5.32 Å². The normalized spacial score (nSPS) is 15.5. The molecule has 8 heteroatoms. The van der Waals surface area contributed by atoms with Crippen LogP contribution in [0.2, 0.25) is 5.02 Å². The van der Waals surface area contributed by atoms with E-state index in [2.05, 4.69) is 5.32 Å². The first-order valence-electron chi connectivity index (χ1n) is 8.57. The molecule has 1 aliphatic heterocycles. The monoisotopic (exact) mass is 408 g/mol. The van der Waals surface area contributed by atoms with E-state index in [1.54, 1.807) is 36.4 Å². The maximum absolute atomic E-state index is 12.5. The average molecular weight is 409 g/mol. The molecular weight excluding hydrogens is 388 g/mol. The molecule has 0 saturated carbocycles. The molecule has 3 rings (SSSR count). The quantitative estimate of drug-likeness (QED) is 0.824. The van der Waals surface area contributed by atoms with Crippen molar-refractivity contribution in [2.75, 3.05) is 31.6 Å². The molecule has 144 valence electrons. The number of rotatable bonds is 5. The van der Waals surface area contributed by atoms with Gasteiger partial charge in [0.1, 0.15) is 0 Å². The third kappa shape index (κ3) is 5.07. The van der Waals surface area contributed by atoms with Crippen LogP contribution in [-0.4, -0.2) is 44.9 Å². The molecule has 0 aromatic heterocycles. The molecule has 27 heavy (non-hydrogen) atoms. The Kier molecular flexibility index (Phi) is 6.16. The van der Waals surface area contributed by atoms with Crippen molar-refractivity contribution in [1.82, 2.24) is 4.31 Å². The predicted molar refractivity (Wildman–Crippen MR) is 106 cm³/mol. The van der Waals surface area contributed by atoms with Gasteiger partial charge >= 0.3 is 0 Å². The van der Waals surface area contributed by atoms with Crippen molar-refractivity contribution in [2.45, 2.75) is 12.7 Å². The highest BCUT2D eigenvalue weighted by Gasteiger charge is 2.24. The lowest BCUT2D eigenvalue weighted by Gasteiger charge is -2.26. The SMILES string of the molecule is Cc1ccc(NC(=O)c2ccc(CS(=O)(=O)N3CCOCC3)cc2)cc1Cl. The van der Waals surface area contributed by atoms with Gasteiger partial charge < -0.3 is 10.1 Å². The number of carbonyl (C=O) groups is 1. The van der Waals surface area contributed by atoms with E-state index in [0.717, 1.165) is 5.56 Å². The Hall–Kier alpha value is -1.93. The first kappa shape index (κ1) is 19.8. The Morgan fingerprint density at radius 2 is 1.81 bits per heavy atom. The second-order valence-electron chi connectivity index (χ2n) is 6.38. The molecule has 6 nitrogen and oxygen atoms in total. The summed E-state index contributed by atoms with van der Waals surface area (Å²) in [6.07, 6.45) is 0. The molecule has 0 unspecified atom stereocenters. The Morgan fingerprint density at radius 1 is 1.15 bits per heavy atom. The average Bonchev–Trinajstić information content (AvgIpc) is 2.66. The van der Waals surface area contributed by atoms with Gasteiger partial charge in [-0.25, -0.2) is 8.42 Å². The summed E-state index contributed by atoms with van der Waals surface area (Å²) in [4.78, 5) is 12.4. The molecule has 0 aliphatic carbocycles. The van der Waals surface area contributed by atoms with Crippen LogP contribution in [0.1, 0.15) is 21.5 Å². The molecule has 1 saturated heterocycles. The lowest BCUT2D eigenvalue weighted by molar-refractivity contribution is 0.0729.